The molecule has 1 aliphatic rings. The second-order valence-electron chi connectivity index (χ2n) is 5.13. The zero-order valence-corrected chi connectivity index (χ0v) is 10.5. The number of aromatic nitrogens is 2. The number of aliphatic carboxylic acids is 1. The van der Waals surface area contributed by atoms with Gasteiger partial charge < -0.3 is 5.11 Å². The molecule has 94 valence electrons. The molecular formula is C13H20N2O2. The van der Waals surface area contributed by atoms with Gasteiger partial charge in [-0.3, -0.25) is 9.48 Å². The highest BCUT2D eigenvalue weighted by Crippen LogP contribution is 2.36. The molecule has 4 nitrogen and oxygen atoms in total. The lowest BCUT2D eigenvalue weighted by Gasteiger charge is -2.10. The molecule has 2 rings (SSSR count). The maximum Gasteiger partial charge on any atom is 0.306 e. The number of hydrogen-bond acceptors (Lipinski definition) is 2. The third kappa shape index (κ3) is 2.68. The normalized spacial score (nSPS) is 18.5. The van der Waals surface area contributed by atoms with Crippen LogP contribution in [0.2, 0.25) is 0 Å². The Labute approximate surface area is 102 Å². The van der Waals surface area contributed by atoms with E-state index in [1.807, 2.05) is 11.7 Å². The van der Waals surface area contributed by atoms with Crippen LogP contribution < -0.4 is 0 Å². The summed E-state index contributed by atoms with van der Waals surface area (Å²) in [4.78, 5) is 10.9. The fraction of sp³-hybridized carbons (Fsp3) is 0.692. The molecule has 0 bridgehead atoms. The highest BCUT2D eigenvalue weighted by Gasteiger charge is 2.24. The summed E-state index contributed by atoms with van der Waals surface area (Å²) in [5.41, 5.74) is 2.26. The lowest BCUT2D eigenvalue weighted by Crippen LogP contribution is -2.14. The Morgan fingerprint density at radius 3 is 2.82 bits per heavy atom. The van der Waals surface area contributed by atoms with E-state index in [0.29, 0.717) is 12.3 Å². The highest BCUT2D eigenvalue weighted by molar-refractivity contribution is 5.69. The van der Waals surface area contributed by atoms with Crippen LogP contribution in [-0.4, -0.2) is 20.9 Å². The fourth-order valence-electron chi connectivity index (χ4n) is 2.67. The molecule has 1 aliphatic carbocycles. The molecule has 1 unspecified atom stereocenters. The topological polar surface area (TPSA) is 55.1 Å². The van der Waals surface area contributed by atoms with E-state index in [0.717, 1.165) is 5.69 Å². The van der Waals surface area contributed by atoms with Gasteiger partial charge >= 0.3 is 5.97 Å². The number of nitrogens with zero attached hydrogens (tertiary/aromatic N) is 2. The van der Waals surface area contributed by atoms with Gasteiger partial charge in [0.25, 0.3) is 0 Å². The lowest BCUT2D eigenvalue weighted by molar-refractivity contribution is -0.141. The van der Waals surface area contributed by atoms with Gasteiger partial charge in [0.05, 0.1) is 11.6 Å². The number of carbonyl (C=O) groups is 1. The van der Waals surface area contributed by atoms with E-state index < -0.39 is 5.97 Å². The average Bonchev–Trinajstić information content (AvgIpc) is 2.86. The van der Waals surface area contributed by atoms with Gasteiger partial charge in [0.1, 0.15) is 0 Å². The summed E-state index contributed by atoms with van der Waals surface area (Å²) < 4.78 is 1.82. The van der Waals surface area contributed by atoms with Crippen molar-refractivity contribution in [3.05, 3.63) is 17.5 Å². The second kappa shape index (κ2) is 4.90. The number of hydrogen-bond donors (Lipinski definition) is 1. The highest BCUT2D eigenvalue weighted by atomic mass is 16.4. The fourth-order valence-corrected chi connectivity index (χ4v) is 2.67. The SMILES string of the molecule is CC(Cc1nn(C)cc1C1CCCC1)C(=O)O. The standard InChI is InChI=1S/C13H20N2O2/c1-9(13(16)17)7-12-11(8-15(2)14-12)10-5-3-4-6-10/h8-10H,3-7H2,1-2H3,(H,16,17). The molecule has 0 aromatic carbocycles. The van der Waals surface area contributed by atoms with Crippen LogP contribution in [-0.2, 0) is 18.3 Å². The molecule has 1 N–H and O–H groups in total. The van der Waals surface area contributed by atoms with E-state index >= 15 is 0 Å². The molecule has 1 atom stereocenters. The molecule has 1 heterocycles. The van der Waals surface area contributed by atoms with Crippen LogP contribution >= 0.6 is 0 Å². The summed E-state index contributed by atoms with van der Waals surface area (Å²) >= 11 is 0. The van der Waals surface area contributed by atoms with Crippen LogP contribution in [0.5, 0.6) is 0 Å². The van der Waals surface area contributed by atoms with Crippen molar-refractivity contribution in [2.45, 2.75) is 44.9 Å². The summed E-state index contributed by atoms with van der Waals surface area (Å²) in [6, 6.07) is 0. The minimum absolute atomic E-state index is 0.356. The monoisotopic (exact) mass is 236 g/mol. The first-order valence-corrected chi connectivity index (χ1v) is 6.33. The zero-order chi connectivity index (χ0) is 12.4. The Morgan fingerprint density at radius 1 is 1.59 bits per heavy atom. The Morgan fingerprint density at radius 2 is 2.24 bits per heavy atom. The van der Waals surface area contributed by atoms with Gasteiger partial charge in [-0.25, -0.2) is 0 Å². The molecule has 1 saturated carbocycles. The van der Waals surface area contributed by atoms with E-state index in [2.05, 4.69) is 11.3 Å². The lowest BCUT2D eigenvalue weighted by atomic mass is 9.94. The van der Waals surface area contributed by atoms with Gasteiger partial charge in [0, 0.05) is 19.7 Å². The molecule has 0 spiro atoms. The van der Waals surface area contributed by atoms with Crippen LogP contribution in [0.3, 0.4) is 0 Å². The molecule has 0 aliphatic heterocycles. The van der Waals surface area contributed by atoms with Gasteiger partial charge in [-0.15, -0.1) is 0 Å². The molecule has 4 heteroatoms. The van der Waals surface area contributed by atoms with Gasteiger partial charge in [-0.05, 0) is 24.3 Å². The van der Waals surface area contributed by atoms with Crippen LogP contribution in [0.25, 0.3) is 0 Å². The molecule has 1 fully saturated rings. The molecule has 1 aromatic heterocycles. The van der Waals surface area contributed by atoms with Gasteiger partial charge in [0.15, 0.2) is 0 Å². The quantitative estimate of drug-likeness (QED) is 0.873. The van der Waals surface area contributed by atoms with Crippen LogP contribution in [0, 0.1) is 5.92 Å². The van der Waals surface area contributed by atoms with E-state index in [9.17, 15) is 4.79 Å². The molecule has 0 radical (unpaired) electrons. The average molecular weight is 236 g/mol. The Hall–Kier alpha value is -1.32. The van der Waals surface area contributed by atoms with Crippen molar-refractivity contribution in [3.8, 4) is 0 Å². The number of carboxylic acids is 1. The van der Waals surface area contributed by atoms with E-state index in [-0.39, 0.29) is 5.92 Å². The Bertz CT molecular complexity index is 406. The molecular weight excluding hydrogens is 216 g/mol. The van der Waals surface area contributed by atoms with Crippen LogP contribution in [0.15, 0.2) is 6.20 Å². The third-order valence-electron chi connectivity index (χ3n) is 3.65. The molecule has 0 saturated heterocycles. The summed E-state index contributed by atoms with van der Waals surface area (Å²) in [6.07, 6.45) is 7.63. The first-order valence-electron chi connectivity index (χ1n) is 6.33. The van der Waals surface area contributed by atoms with E-state index in [1.165, 1.54) is 31.2 Å². The summed E-state index contributed by atoms with van der Waals surface area (Å²) in [7, 11) is 1.91. The zero-order valence-electron chi connectivity index (χ0n) is 10.5. The first kappa shape index (κ1) is 12.1. The van der Waals surface area contributed by atoms with Crippen molar-refractivity contribution in [2.24, 2.45) is 13.0 Å². The van der Waals surface area contributed by atoms with Gasteiger partial charge in [0.2, 0.25) is 0 Å². The van der Waals surface area contributed by atoms with E-state index in [1.54, 1.807) is 6.92 Å². The van der Waals surface area contributed by atoms with Gasteiger partial charge in [-0.1, -0.05) is 19.8 Å². The maximum absolute atomic E-state index is 10.9. The maximum atomic E-state index is 10.9. The first-order chi connectivity index (χ1) is 8.08. The van der Waals surface area contributed by atoms with Crippen molar-refractivity contribution in [1.82, 2.24) is 9.78 Å². The molecule has 1 aromatic rings. The second-order valence-corrected chi connectivity index (χ2v) is 5.13. The minimum Gasteiger partial charge on any atom is -0.481 e. The number of carboxylic acid groups (broad SMARTS) is 1. The van der Waals surface area contributed by atoms with Crippen molar-refractivity contribution < 1.29 is 9.90 Å². The molecule has 17 heavy (non-hydrogen) atoms. The van der Waals surface area contributed by atoms with Crippen molar-refractivity contribution in [3.63, 3.8) is 0 Å². The smallest absolute Gasteiger partial charge is 0.306 e. The Kier molecular flexibility index (Phi) is 3.50. The van der Waals surface area contributed by atoms with Crippen LogP contribution in [0.1, 0.15) is 49.8 Å². The predicted molar refractivity (Wildman–Crippen MR) is 64.9 cm³/mol. The number of rotatable bonds is 4. The van der Waals surface area contributed by atoms with Crippen molar-refractivity contribution >= 4 is 5.97 Å². The summed E-state index contributed by atoms with van der Waals surface area (Å²) in [6.45, 7) is 1.75. The van der Waals surface area contributed by atoms with Gasteiger partial charge in [-0.2, -0.15) is 5.10 Å². The van der Waals surface area contributed by atoms with Crippen molar-refractivity contribution in [2.75, 3.05) is 0 Å². The third-order valence-corrected chi connectivity index (χ3v) is 3.65. The minimum atomic E-state index is -0.743. The van der Waals surface area contributed by atoms with Crippen molar-refractivity contribution in [1.29, 1.82) is 0 Å². The predicted octanol–water partition coefficient (Wildman–Crippen LogP) is 2.34. The van der Waals surface area contributed by atoms with Crippen LogP contribution in [0.4, 0.5) is 0 Å². The summed E-state index contributed by atoms with van der Waals surface area (Å²) in [5, 5.41) is 13.4. The number of aryl methyl sites for hydroxylation is 1. The summed E-state index contributed by atoms with van der Waals surface area (Å²) in [5.74, 6) is -0.502. The molecule has 0 amide bonds. The van der Waals surface area contributed by atoms with E-state index in [4.69, 9.17) is 5.11 Å². The Balaban J connectivity index is 2.17. The largest absolute Gasteiger partial charge is 0.481 e.